The summed E-state index contributed by atoms with van der Waals surface area (Å²) in [5.41, 5.74) is 0. The van der Waals surface area contributed by atoms with E-state index >= 15 is 0 Å². The SMILES string of the molecule is CCCCC(CC)COc1cccc(Oc2ccccc2)c1OCC(CC)CCCC. The Hall–Kier alpha value is -2.16. The Bertz CT molecular complexity index is 713. The summed E-state index contributed by atoms with van der Waals surface area (Å²) in [7, 11) is 0. The molecule has 2 rings (SSSR count). The van der Waals surface area contributed by atoms with Crippen molar-refractivity contribution in [3.63, 3.8) is 0 Å². The second-order valence-corrected chi connectivity index (χ2v) is 8.45. The van der Waals surface area contributed by atoms with E-state index in [1.807, 2.05) is 48.5 Å². The smallest absolute Gasteiger partial charge is 0.204 e. The lowest BCUT2D eigenvalue weighted by molar-refractivity contribution is 0.194. The van der Waals surface area contributed by atoms with E-state index in [2.05, 4.69) is 27.7 Å². The molecule has 0 aliphatic rings. The van der Waals surface area contributed by atoms with Crippen LogP contribution in [0.25, 0.3) is 0 Å². The van der Waals surface area contributed by atoms with Gasteiger partial charge >= 0.3 is 0 Å². The molecule has 2 aromatic carbocycles. The molecule has 31 heavy (non-hydrogen) atoms. The maximum absolute atomic E-state index is 6.39. The number of hydrogen-bond donors (Lipinski definition) is 0. The van der Waals surface area contributed by atoms with Gasteiger partial charge in [-0.2, -0.15) is 0 Å². The fraction of sp³-hybridized carbons (Fsp3) is 0.571. The highest BCUT2D eigenvalue weighted by molar-refractivity contribution is 5.52. The van der Waals surface area contributed by atoms with Crippen LogP contribution in [0.15, 0.2) is 48.5 Å². The van der Waals surface area contributed by atoms with Crippen LogP contribution in [0.2, 0.25) is 0 Å². The van der Waals surface area contributed by atoms with E-state index in [-0.39, 0.29) is 0 Å². The largest absolute Gasteiger partial charge is 0.489 e. The molecule has 2 unspecified atom stereocenters. The number of para-hydroxylation sites is 2. The van der Waals surface area contributed by atoms with Gasteiger partial charge in [0.05, 0.1) is 13.2 Å². The van der Waals surface area contributed by atoms with Crippen molar-refractivity contribution in [3.05, 3.63) is 48.5 Å². The maximum atomic E-state index is 6.39. The maximum Gasteiger partial charge on any atom is 0.204 e. The van der Waals surface area contributed by atoms with E-state index in [0.29, 0.717) is 25.0 Å². The predicted molar refractivity (Wildman–Crippen MR) is 131 cm³/mol. The van der Waals surface area contributed by atoms with Gasteiger partial charge in [0.15, 0.2) is 11.5 Å². The zero-order valence-electron chi connectivity index (χ0n) is 20.1. The highest BCUT2D eigenvalue weighted by Crippen LogP contribution is 2.40. The summed E-state index contributed by atoms with van der Waals surface area (Å²) in [6.07, 6.45) is 9.58. The third-order valence-corrected chi connectivity index (χ3v) is 5.94. The topological polar surface area (TPSA) is 27.7 Å². The summed E-state index contributed by atoms with van der Waals surface area (Å²) < 4.78 is 18.9. The van der Waals surface area contributed by atoms with E-state index in [4.69, 9.17) is 14.2 Å². The molecule has 3 nitrogen and oxygen atoms in total. The van der Waals surface area contributed by atoms with Gasteiger partial charge in [-0.25, -0.2) is 0 Å². The molecule has 0 bridgehead atoms. The van der Waals surface area contributed by atoms with E-state index in [9.17, 15) is 0 Å². The Kier molecular flexibility index (Phi) is 12.0. The van der Waals surface area contributed by atoms with Crippen LogP contribution in [0.1, 0.15) is 79.1 Å². The Morgan fingerprint density at radius 3 is 1.81 bits per heavy atom. The third kappa shape index (κ3) is 8.85. The van der Waals surface area contributed by atoms with Gasteiger partial charge in [-0.1, -0.05) is 90.5 Å². The predicted octanol–water partition coefficient (Wildman–Crippen LogP) is 8.67. The van der Waals surface area contributed by atoms with E-state index in [1.165, 1.54) is 38.5 Å². The lowest BCUT2D eigenvalue weighted by Crippen LogP contribution is -2.14. The van der Waals surface area contributed by atoms with Gasteiger partial charge in [-0.05, 0) is 48.9 Å². The summed E-state index contributed by atoms with van der Waals surface area (Å²) in [5.74, 6) is 4.15. The van der Waals surface area contributed by atoms with Crippen LogP contribution in [0.5, 0.6) is 23.0 Å². The van der Waals surface area contributed by atoms with Crippen molar-refractivity contribution in [2.24, 2.45) is 11.8 Å². The van der Waals surface area contributed by atoms with E-state index in [0.717, 1.165) is 35.8 Å². The van der Waals surface area contributed by atoms with Crippen molar-refractivity contribution >= 4 is 0 Å². The molecule has 172 valence electrons. The first kappa shape index (κ1) is 25.1. The molecule has 0 saturated heterocycles. The van der Waals surface area contributed by atoms with Crippen molar-refractivity contribution in [3.8, 4) is 23.0 Å². The molecule has 0 saturated carbocycles. The van der Waals surface area contributed by atoms with Crippen LogP contribution >= 0.6 is 0 Å². The average Bonchev–Trinajstić information content (AvgIpc) is 2.81. The van der Waals surface area contributed by atoms with Crippen LogP contribution in [0, 0.1) is 11.8 Å². The van der Waals surface area contributed by atoms with Crippen molar-refractivity contribution in [1.29, 1.82) is 0 Å². The van der Waals surface area contributed by atoms with Gasteiger partial charge in [-0.3, -0.25) is 0 Å². The van der Waals surface area contributed by atoms with Gasteiger partial charge in [0, 0.05) is 0 Å². The minimum atomic E-state index is 0.547. The molecule has 2 aromatic rings. The first-order chi connectivity index (χ1) is 15.2. The quantitative estimate of drug-likeness (QED) is 0.269. The number of ether oxygens (including phenoxy) is 3. The monoisotopic (exact) mass is 426 g/mol. The molecule has 0 spiro atoms. The molecule has 0 amide bonds. The molecule has 0 heterocycles. The zero-order valence-corrected chi connectivity index (χ0v) is 20.1. The standard InChI is InChI=1S/C28H42O3/c1-5-9-15-23(7-3)21-29-26-19-14-20-27(31-25-17-12-11-13-18-25)28(26)30-22-24(8-4)16-10-6-2/h11-14,17-20,23-24H,5-10,15-16,21-22H2,1-4H3. The highest BCUT2D eigenvalue weighted by Gasteiger charge is 2.17. The molecule has 0 radical (unpaired) electrons. The second-order valence-electron chi connectivity index (χ2n) is 8.45. The van der Waals surface area contributed by atoms with Crippen LogP contribution in [-0.4, -0.2) is 13.2 Å². The summed E-state index contributed by atoms with van der Waals surface area (Å²) in [5, 5.41) is 0. The van der Waals surface area contributed by atoms with E-state index in [1.54, 1.807) is 0 Å². The minimum absolute atomic E-state index is 0.547. The van der Waals surface area contributed by atoms with Gasteiger partial charge in [-0.15, -0.1) is 0 Å². The molecule has 0 aliphatic heterocycles. The van der Waals surface area contributed by atoms with Crippen molar-refractivity contribution < 1.29 is 14.2 Å². The Labute approximate surface area is 190 Å². The van der Waals surface area contributed by atoms with Crippen molar-refractivity contribution in [1.82, 2.24) is 0 Å². The van der Waals surface area contributed by atoms with Crippen molar-refractivity contribution in [2.45, 2.75) is 79.1 Å². The van der Waals surface area contributed by atoms with Crippen LogP contribution in [-0.2, 0) is 0 Å². The number of hydrogen-bond acceptors (Lipinski definition) is 3. The summed E-state index contributed by atoms with van der Waals surface area (Å²) in [6.45, 7) is 10.4. The number of rotatable bonds is 16. The average molecular weight is 427 g/mol. The molecule has 2 atom stereocenters. The summed E-state index contributed by atoms with van der Waals surface area (Å²) in [6, 6.07) is 15.8. The zero-order chi connectivity index (χ0) is 22.3. The van der Waals surface area contributed by atoms with E-state index < -0.39 is 0 Å². The fourth-order valence-electron chi connectivity index (χ4n) is 3.65. The molecule has 3 heteroatoms. The molecular formula is C28H42O3. The first-order valence-electron chi connectivity index (χ1n) is 12.3. The van der Waals surface area contributed by atoms with Crippen molar-refractivity contribution in [2.75, 3.05) is 13.2 Å². The van der Waals surface area contributed by atoms with Gasteiger partial charge in [0.25, 0.3) is 0 Å². The minimum Gasteiger partial charge on any atom is -0.489 e. The van der Waals surface area contributed by atoms with Gasteiger partial charge < -0.3 is 14.2 Å². The Morgan fingerprint density at radius 2 is 1.23 bits per heavy atom. The van der Waals surface area contributed by atoms with Crippen LogP contribution < -0.4 is 14.2 Å². The number of unbranched alkanes of at least 4 members (excludes halogenated alkanes) is 2. The van der Waals surface area contributed by atoms with Crippen LogP contribution in [0.3, 0.4) is 0 Å². The molecule has 0 aromatic heterocycles. The van der Waals surface area contributed by atoms with Gasteiger partial charge in [0.1, 0.15) is 5.75 Å². The second kappa shape index (κ2) is 14.8. The Morgan fingerprint density at radius 1 is 0.645 bits per heavy atom. The summed E-state index contributed by atoms with van der Waals surface area (Å²) >= 11 is 0. The lowest BCUT2D eigenvalue weighted by atomic mass is 10.0. The van der Waals surface area contributed by atoms with Crippen LogP contribution in [0.4, 0.5) is 0 Å². The number of benzene rings is 2. The Balaban J connectivity index is 2.18. The van der Waals surface area contributed by atoms with Gasteiger partial charge in [0.2, 0.25) is 5.75 Å². The summed E-state index contributed by atoms with van der Waals surface area (Å²) in [4.78, 5) is 0. The molecular weight excluding hydrogens is 384 g/mol. The lowest BCUT2D eigenvalue weighted by Gasteiger charge is -2.21. The normalized spacial score (nSPS) is 12.9. The molecule has 0 fully saturated rings. The first-order valence-corrected chi connectivity index (χ1v) is 12.3. The fourth-order valence-corrected chi connectivity index (χ4v) is 3.65. The highest BCUT2D eigenvalue weighted by atomic mass is 16.5. The third-order valence-electron chi connectivity index (χ3n) is 5.94. The molecule has 0 aliphatic carbocycles. The molecule has 0 N–H and O–H groups in total.